The number of hydrogen-bond donors (Lipinski definition) is 1. The normalized spacial score (nSPS) is 14.7. The van der Waals surface area contributed by atoms with Gasteiger partial charge in [-0.15, -0.1) is 0 Å². The molecule has 0 aromatic heterocycles. The molecule has 0 aliphatic rings. The van der Waals surface area contributed by atoms with Gasteiger partial charge in [0.15, 0.2) is 0 Å². The van der Waals surface area contributed by atoms with E-state index >= 15 is 0 Å². The Morgan fingerprint density at radius 1 is 1.11 bits per heavy atom. The average Bonchev–Trinajstić information content (AvgIpc) is 2.38. The van der Waals surface area contributed by atoms with E-state index in [2.05, 4.69) is 56.4 Å². The van der Waals surface area contributed by atoms with Crippen molar-refractivity contribution >= 4 is 0 Å². The van der Waals surface area contributed by atoms with Crippen LogP contribution in [0.4, 0.5) is 0 Å². The molecule has 2 heteroatoms. The van der Waals surface area contributed by atoms with Crippen LogP contribution in [0.5, 0.6) is 0 Å². The highest BCUT2D eigenvalue weighted by Gasteiger charge is 2.12. The summed E-state index contributed by atoms with van der Waals surface area (Å²) in [6.45, 7) is 8.59. The Labute approximate surface area is 112 Å². The highest BCUT2D eigenvalue weighted by atomic mass is 16.5. The molecule has 0 radical (unpaired) electrons. The van der Waals surface area contributed by atoms with Gasteiger partial charge in [0.2, 0.25) is 0 Å². The summed E-state index contributed by atoms with van der Waals surface area (Å²) in [4.78, 5) is 0. The highest BCUT2D eigenvalue weighted by Crippen LogP contribution is 2.17. The van der Waals surface area contributed by atoms with Gasteiger partial charge >= 0.3 is 0 Å². The molecule has 0 saturated carbocycles. The van der Waals surface area contributed by atoms with Crippen LogP contribution in [0, 0.1) is 5.92 Å². The Bertz CT molecular complexity index is 310. The van der Waals surface area contributed by atoms with Gasteiger partial charge in [0.1, 0.15) is 0 Å². The number of methoxy groups -OCH3 is 1. The zero-order valence-electron chi connectivity index (χ0n) is 12.1. The van der Waals surface area contributed by atoms with Crippen molar-refractivity contribution < 1.29 is 4.74 Å². The molecule has 1 aromatic carbocycles. The first-order chi connectivity index (χ1) is 8.65. The summed E-state index contributed by atoms with van der Waals surface area (Å²) in [5.41, 5.74) is 1.42. The molecular formula is C16H27NO. The Balaban J connectivity index is 2.32. The third kappa shape index (κ3) is 5.19. The second-order valence-corrected chi connectivity index (χ2v) is 5.36. The molecule has 0 aliphatic carbocycles. The van der Waals surface area contributed by atoms with Gasteiger partial charge < -0.3 is 10.1 Å². The van der Waals surface area contributed by atoms with Crippen molar-refractivity contribution in [2.24, 2.45) is 5.92 Å². The van der Waals surface area contributed by atoms with Crippen molar-refractivity contribution in [1.82, 2.24) is 5.32 Å². The number of rotatable bonds is 8. The van der Waals surface area contributed by atoms with E-state index < -0.39 is 0 Å². The largest absolute Gasteiger partial charge is 0.383 e. The molecule has 2 nitrogen and oxygen atoms in total. The predicted molar refractivity (Wildman–Crippen MR) is 78.0 cm³/mol. The van der Waals surface area contributed by atoms with Gasteiger partial charge in [-0.05, 0) is 30.4 Å². The van der Waals surface area contributed by atoms with Crippen molar-refractivity contribution in [2.45, 2.75) is 39.2 Å². The average molecular weight is 249 g/mol. The summed E-state index contributed by atoms with van der Waals surface area (Å²) >= 11 is 0. The van der Waals surface area contributed by atoms with E-state index in [9.17, 15) is 0 Å². The monoisotopic (exact) mass is 249 g/mol. The van der Waals surface area contributed by atoms with Crippen LogP contribution in [-0.2, 0) is 4.74 Å². The lowest BCUT2D eigenvalue weighted by Gasteiger charge is -2.22. The Hall–Kier alpha value is -0.860. The van der Waals surface area contributed by atoms with E-state index in [4.69, 9.17) is 4.74 Å². The highest BCUT2D eigenvalue weighted by molar-refractivity contribution is 5.18. The minimum absolute atomic E-state index is 0.456. The van der Waals surface area contributed by atoms with Gasteiger partial charge in [-0.2, -0.15) is 0 Å². The number of hydrogen-bond acceptors (Lipinski definition) is 2. The second kappa shape index (κ2) is 8.28. The van der Waals surface area contributed by atoms with E-state index in [0.717, 1.165) is 19.6 Å². The van der Waals surface area contributed by atoms with E-state index in [1.807, 2.05) is 0 Å². The molecule has 1 N–H and O–H groups in total. The van der Waals surface area contributed by atoms with Gasteiger partial charge in [-0.25, -0.2) is 0 Å². The van der Waals surface area contributed by atoms with Crippen LogP contribution < -0.4 is 5.32 Å². The van der Waals surface area contributed by atoms with E-state index in [-0.39, 0.29) is 0 Å². The summed E-state index contributed by atoms with van der Waals surface area (Å²) < 4.78 is 5.24. The summed E-state index contributed by atoms with van der Waals surface area (Å²) in [5.74, 6) is 1.21. The van der Waals surface area contributed by atoms with Crippen LogP contribution >= 0.6 is 0 Å². The quantitative estimate of drug-likeness (QED) is 0.762. The minimum atomic E-state index is 0.456. The van der Waals surface area contributed by atoms with E-state index in [0.29, 0.717) is 17.9 Å². The lowest BCUT2D eigenvalue weighted by Crippen LogP contribution is -2.38. The molecule has 0 heterocycles. The first-order valence-corrected chi connectivity index (χ1v) is 6.92. The molecule has 102 valence electrons. The molecule has 0 spiro atoms. The van der Waals surface area contributed by atoms with Gasteiger partial charge in [0.25, 0.3) is 0 Å². The maximum absolute atomic E-state index is 5.24. The summed E-state index contributed by atoms with van der Waals surface area (Å²) in [5, 5.41) is 3.60. The molecule has 18 heavy (non-hydrogen) atoms. The zero-order chi connectivity index (χ0) is 13.4. The third-order valence-electron chi connectivity index (χ3n) is 3.50. The van der Waals surface area contributed by atoms with Crippen molar-refractivity contribution in [1.29, 1.82) is 0 Å². The predicted octanol–water partition coefficient (Wildman–Crippen LogP) is 3.44. The van der Waals surface area contributed by atoms with Crippen molar-refractivity contribution in [2.75, 3.05) is 20.3 Å². The third-order valence-corrected chi connectivity index (χ3v) is 3.50. The number of ether oxygens (including phenoxy) is 1. The smallest absolute Gasteiger partial charge is 0.0618 e. The Morgan fingerprint density at radius 2 is 1.78 bits per heavy atom. The molecule has 0 bridgehead atoms. The Morgan fingerprint density at radius 3 is 2.33 bits per heavy atom. The molecule has 2 atom stereocenters. The second-order valence-electron chi connectivity index (χ2n) is 5.36. The first-order valence-electron chi connectivity index (χ1n) is 6.92. The minimum Gasteiger partial charge on any atom is -0.383 e. The fourth-order valence-electron chi connectivity index (χ4n) is 2.10. The summed E-state index contributed by atoms with van der Waals surface area (Å²) in [6.07, 6.45) is 1.16. The molecule has 0 amide bonds. The van der Waals surface area contributed by atoms with Gasteiger partial charge in [0, 0.05) is 13.2 Å². The maximum Gasteiger partial charge on any atom is 0.0618 e. The lowest BCUT2D eigenvalue weighted by molar-refractivity contribution is 0.147. The van der Waals surface area contributed by atoms with Crippen LogP contribution in [0.3, 0.4) is 0 Å². The van der Waals surface area contributed by atoms with Gasteiger partial charge in [-0.3, -0.25) is 0 Å². The first kappa shape index (κ1) is 15.2. The fraction of sp³-hybridized carbons (Fsp3) is 0.625. The van der Waals surface area contributed by atoms with Crippen LogP contribution in [0.25, 0.3) is 0 Å². The standard InChI is InChI=1S/C16H27NO/c1-13(2)16(12-18-4)17-11-10-14(3)15-8-6-5-7-9-15/h5-9,13-14,16-17H,10-12H2,1-4H3. The summed E-state index contributed by atoms with van der Waals surface area (Å²) in [6, 6.07) is 11.2. The van der Waals surface area contributed by atoms with Gasteiger partial charge in [-0.1, -0.05) is 51.1 Å². The van der Waals surface area contributed by atoms with Crippen LogP contribution in [-0.4, -0.2) is 26.3 Å². The summed E-state index contributed by atoms with van der Waals surface area (Å²) in [7, 11) is 1.77. The van der Waals surface area contributed by atoms with Crippen LogP contribution in [0.1, 0.15) is 38.7 Å². The van der Waals surface area contributed by atoms with Crippen LogP contribution in [0.15, 0.2) is 30.3 Å². The molecular weight excluding hydrogens is 222 g/mol. The number of benzene rings is 1. The Kier molecular flexibility index (Phi) is 6.99. The molecule has 1 aromatic rings. The molecule has 0 aliphatic heterocycles. The van der Waals surface area contributed by atoms with Crippen molar-refractivity contribution in [3.05, 3.63) is 35.9 Å². The van der Waals surface area contributed by atoms with Crippen LogP contribution in [0.2, 0.25) is 0 Å². The SMILES string of the molecule is COCC(NCCC(C)c1ccccc1)C(C)C. The van der Waals surface area contributed by atoms with E-state index in [1.165, 1.54) is 5.56 Å². The van der Waals surface area contributed by atoms with Crippen molar-refractivity contribution in [3.63, 3.8) is 0 Å². The maximum atomic E-state index is 5.24. The number of nitrogens with one attached hydrogen (secondary N) is 1. The van der Waals surface area contributed by atoms with Gasteiger partial charge in [0.05, 0.1) is 6.61 Å². The molecule has 0 saturated heterocycles. The fourth-order valence-corrected chi connectivity index (χ4v) is 2.10. The van der Waals surface area contributed by atoms with E-state index in [1.54, 1.807) is 7.11 Å². The van der Waals surface area contributed by atoms with Crippen molar-refractivity contribution in [3.8, 4) is 0 Å². The topological polar surface area (TPSA) is 21.3 Å². The molecule has 2 unspecified atom stereocenters. The zero-order valence-corrected chi connectivity index (χ0v) is 12.1. The lowest BCUT2D eigenvalue weighted by atomic mass is 9.97. The molecule has 1 rings (SSSR count). The molecule has 0 fully saturated rings.